The van der Waals surface area contributed by atoms with Crippen LogP contribution in [0.5, 0.6) is 0 Å². The van der Waals surface area contributed by atoms with Gasteiger partial charge >= 0.3 is 0 Å². The van der Waals surface area contributed by atoms with Crippen molar-refractivity contribution in [2.24, 2.45) is 0 Å². The Kier molecular flexibility index (Phi) is 5.70. The van der Waals surface area contributed by atoms with Gasteiger partial charge in [0.1, 0.15) is 0 Å². The smallest absolute Gasteiger partial charge is 0.157 e. The van der Waals surface area contributed by atoms with Crippen molar-refractivity contribution >= 4 is 5.78 Å². The van der Waals surface area contributed by atoms with E-state index in [9.17, 15) is 4.79 Å². The summed E-state index contributed by atoms with van der Waals surface area (Å²) in [6, 6.07) is 0. The third kappa shape index (κ3) is 7.99. The summed E-state index contributed by atoms with van der Waals surface area (Å²) >= 11 is 0. The van der Waals surface area contributed by atoms with Crippen molar-refractivity contribution in [2.75, 3.05) is 27.7 Å². The van der Waals surface area contributed by atoms with E-state index in [-0.39, 0.29) is 5.78 Å². The zero-order chi connectivity index (χ0) is 11.2. The van der Waals surface area contributed by atoms with Crippen LogP contribution in [0.15, 0.2) is 12.2 Å². The van der Waals surface area contributed by atoms with Crippen LogP contribution in [0.4, 0.5) is 0 Å². The first kappa shape index (κ1) is 13.4. The lowest BCUT2D eigenvalue weighted by Crippen LogP contribution is -2.35. The Morgan fingerprint density at radius 1 is 1.14 bits per heavy atom. The monoisotopic (exact) mass is 198 g/mol. The second-order valence-electron chi connectivity index (χ2n) is 5.03. The van der Waals surface area contributed by atoms with Crippen molar-refractivity contribution in [3.8, 4) is 0 Å². The zero-order valence-corrected chi connectivity index (χ0v) is 10.1. The van der Waals surface area contributed by atoms with Crippen molar-refractivity contribution in [3.05, 3.63) is 12.2 Å². The summed E-state index contributed by atoms with van der Waals surface area (Å²) in [6.45, 7) is 6.61. The molecule has 0 saturated carbocycles. The number of hydrogen-bond donors (Lipinski definition) is 0. The predicted octanol–water partition coefficient (Wildman–Crippen LogP) is 2.40. The van der Waals surface area contributed by atoms with E-state index in [1.807, 2.05) is 0 Å². The molecule has 2 nitrogen and oxygen atoms in total. The maximum atomic E-state index is 11.2. The van der Waals surface area contributed by atoms with Crippen molar-refractivity contribution in [1.29, 1.82) is 0 Å². The van der Waals surface area contributed by atoms with Crippen LogP contribution in [0.1, 0.15) is 32.6 Å². The SMILES string of the molecule is C=C(C)C(=O)CCCCC[N+](C)(C)C. The molecule has 0 saturated heterocycles. The molecule has 82 valence electrons. The van der Waals surface area contributed by atoms with Crippen LogP contribution in [0, 0.1) is 0 Å². The van der Waals surface area contributed by atoms with Gasteiger partial charge in [-0.15, -0.1) is 0 Å². The lowest BCUT2D eigenvalue weighted by atomic mass is 10.1. The van der Waals surface area contributed by atoms with Crippen LogP contribution in [-0.2, 0) is 4.79 Å². The number of rotatable bonds is 7. The van der Waals surface area contributed by atoms with Gasteiger partial charge in [0.25, 0.3) is 0 Å². The number of ketones is 1. The molecule has 0 atom stereocenters. The van der Waals surface area contributed by atoms with Crippen LogP contribution in [-0.4, -0.2) is 38.0 Å². The number of hydrogen-bond acceptors (Lipinski definition) is 1. The Morgan fingerprint density at radius 2 is 1.71 bits per heavy atom. The highest BCUT2D eigenvalue weighted by Gasteiger charge is 2.06. The molecule has 0 aromatic carbocycles. The van der Waals surface area contributed by atoms with E-state index < -0.39 is 0 Å². The summed E-state index contributed by atoms with van der Waals surface area (Å²) in [4.78, 5) is 11.2. The fraction of sp³-hybridized carbons (Fsp3) is 0.750. The average molecular weight is 198 g/mol. The Labute approximate surface area is 88.2 Å². The van der Waals surface area contributed by atoms with Crippen LogP contribution in [0.3, 0.4) is 0 Å². The molecule has 2 heteroatoms. The topological polar surface area (TPSA) is 17.1 Å². The molecule has 0 unspecified atom stereocenters. The molecule has 0 rings (SSSR count). The summed E-state index contributed by atoms with van der Waals surface area (Å²) in [6.07, 6.45) is 4.03. The van der Waals surface area contributed by atoms with Gasteiger partial charge in [-0.05, 0) is 31.8 Å². The first-order valence-corrected chi connectivity index (χ1v) is 5.32. The van der Waals surface area contributed by atoms with Gasteiger partial charge in [-0.25, -0.2) is 0 Å². The van der Waals surface area contributed by atoms with Crippen molar-refractivity contribution < 1.29 is 9.28 Å². The molecule has 0 amide bonds. The highest BCUT2D eigenvalue weighted by molar-refractivity contribution is 5.93. The predicted molar refractivity (Wildman–Crippen MR) is 61.2 cm³/mol. The molecule has 0 aromatic heterocycles. The highest BCUT2D eigenvalue weighted by Crippen LogP contribution is 2.06. The molecule has 0 aliphatic rings. The number of unbranched alkanes of at least 4 members (excludes halogenated alkanes) is 2. The number of carbonyl (C=O) groups is 1. The van der Waals surface area contributed by atoms with Crippen molar-refractivity contribution in [2.45, 2.75) is 32.6 Å². The minimum atomic E-state index is 0.218. The zero-order valence-electron chi connectivity index (χ0n) is 10.1. The summed E-state index contributed by atoms with van der Waals surface area (Å²) in [7, 11) is 6.58. The van der Waals surface area contributed by atoms with Crippen LogP contribution >= 0.6 is 0 Å². The Bertz CT molecular complexity index is 201. The Hall–Kier alpha value is -0.630. The second-order valence-corrected chi connectivity index (χ2v) is 5.03. The third-order valence-corrected chi connectivity index (χ3v) is 2.21. The number of allylic oxidation sites excluding steroid dienone is 1. The van der Waals surface area contributed by atoms with E-state index in [0.29, 0.717) is 12.0 Å². The molecule has 0 aliphatic heterocycles. The molecular formula is C12H24NO+. The molecule has 0 spiro atoms. The van der Waals surface area contributed by atoms with Gasteiger partial charge in [0, 0.05) is 6.42 Å². The minimum Gasteiger partial charge on any atom is -0.331 e. The van der Waals surface area contributed by atoms with Gasteiger partial charge in [0.15, 0.2) is 5.78 Å². The van der Waals surface area contributed by atoms with E-state index in [1.165, 1.54) is 13.0 Å². The van der Waals surface area contributed by atoms with Gasteiger partial charge in [0.05, 0.1) is 27.7 Å². The van der Waals surface area contributed by atoms with Crippen molar-refractivity contribution in [3.63, 3.8) is 0 Å². The Balaban J connectivity index is 3.39. The standard InChI is InChI=1S/C12H24NO/c1-11(2)12(14)9-7-6-8-10-13(3,4)5/h1,6-10H2,2-5H3/q+1. The second kappa shape index (κ2) is 5.97. The van der Waals surface area contributed by atoms with Crippen LogP contribution in [0.25, 0.3) is 0 Å². The molecule has 0 aliphatic carbocycles. The summed E-state index contributed by atoms with van der Waals surface area (Å²) < 4.78 is 1.01. The molecule has 0 bridgehead atoms. The van der Waals surface area contributed by atoms with Gasteiger partial charge in [-0.2, -0.15) is 0 Å². The fourth-order valence-electron chi connectivity index (χ4n) is 1.26. The number of quaternary nitrogens is 1. The van der Waals surface area contributed by atoms with E-state index in [0.717, 1.165) is 17.3 Å². The van der Waals surface area contributed by atoms with Crippen LogP contribution in [0.2, 0.25) is 0 Å². The fourth-order valence-corrected chi connectivity index (χ4v) is 1.26. The van der Waals surface area contributed by atoms with E-state index >= 15 is 0 Å². The lowest BCUT2D eigenvalue weighted by Gasteiger charge is -2.23. The molecular weight excluding hydrogens is 174 g/mol. The third-order valence-electron chi connectivity index (χ3n) is 2.21. The molecule has 0 fully saturated rings. The first-order chi connectivity index (χ1) is 6.33. The molecule has 0 heterocycles. The maximum absolute atomic E-state index is 11.2. The normalized spacial score (nSPS) is 11.4. The quantitative estimate of drug-likeness (QED) is 0.349. The van der Waals surface area contributed by atoms with E-state index in [2.05, 4.69) is 27.7 Å². The maximum Gasteiger partial charge on any atom is 0.157 e. The molecule has 0 aromatic rings. The highest BCUT2D eigenvalue weighted by atomic mass is 16.1. The first-order valence-electron chi connectivity index (χ1n) is 5.32. The number of nitrogens with zero attached hydrogens (tertiary/aromatic N) is 1. The average Bonchev–Trinajstić information content (AvgIpc) is 2.01. The van der Waals surface area contributed by atoms with Gasteiger partial charge in [-0.1, -0.05) is 6.58 Å². The minimum absolute atomic E-state index is 0.218. The van der Waals surface area contributed by atoms with E-state index in [4.69, 9.17) is 0 Å². The van der Waals surface area contributed by atoms with Crippen molar-refractivity contribution in [1.82, 2.24) is 0 Å². The molecule has 0 radical (unpaired) electrons. The molecule has 0 N–H and O–H groups in total. The molecule has 14 heavy (non-hydrogen) atoms. The van der Waals surface area contributed by atoms with E-state index in [1.54, 1.807) is 6.92 Å². The number of carbonyl (C=O) groups excluding carboxylic acids is 1. The lowest BCUT2D eigenvalue weighted by molar-refractivity contribution is -0.870. The number of Topliss-reactive ketones (excluding diaryl/α,β-unsaturated/α-hetero) is 1. The summed E-state index contributed by atoms with van der Waals surface area (Å²) in [5, 5.41) is 0. The van der Waals surface area contributed by atoms with Gasteiger partial charge in [-0.3, -0.25) is 4.79 Å². The Morgan fingerprint density at radius 3 is 2.14 bits per heavy atom. The van der Waals surface area contributed by atoms with Gasteiger partial charge < -0.3 is 4.48 Å². The van der Waals surface area contributed by atoms with Gasteiger partial charge in [0.2, 0.25) is 0 Å². The van der Waals surface area contributed by atoms with Crippen LogP contribution < -0.4 is 0 Å². The largest absolute Gasteiger partial charge is 0.331 e. The summed E-state index contributed by atoms with van der Waals surface area (Å²) in [5.41, 5.74) is 0.691. The summed E-state index contributed by atoms with van der Waals surface area (Å²) in [5.74, 6) is 0.218.